The van der Waals surface area contributed by atoms with Crippen LogP contribution in [0.5, 0.6) is 0 Å². The fourth-order valence-corrected chi connectivity index (χ4v) is 2.98. The number of hydrogen-bond donors (Lipinski definition) is 2. The average molecular weight is 279 g/mol. The minimum absolute atomic E-state index is 0.261. The Balaban J connectivity index is 1.91. The van der Waals surface area contributed by atoms with Gasteiger partial charge in [-0.25, -0.2) is 4.79 Å². The highest BCUT2D eigenvalue weighted by atomic mass is 16.2. The Hall–Kier alpha value is -1.36. The number of nitrogens with zero attached hydrogens (tertiary/aromatic N) is 1. The van der Waals surface area contributed by atoms with E-state index in [9.17, 15) is 9.59 Å². The lowest BCUT2D eigenvalue weighted by Gasteiger charge is -2.27. The molecule has 0 amide bonds. The van der Waals surface area contributed by atoms with Crippen molar-refractivity contribution in [2.45, 2.75) is 58.5 Å². The number of aromatic amines is 1. The van der Waals surface area contributed by atoms with Crippen molar-refractivity contribution in [3.63, 3.8) is 0 Å². The number of nitrogens with one attached hydrogen (secondary N) is 2. The van der Waals surface area contributed by atoms with E-state index in [1.807, 2.05) is 6.92 Å². The Morgan fingerprint density at radius 1 is 1.40 bits per heavy atom. The third-order valence-corrected chi connectivity index (χ3v) is 4.19. The molecule has 20 heavy (non-hydrogen) atoms. The Kier molecular flexibility index (Phi) is 5.17. The summed E-state index contributed by atoms with van der Waals surface area (Å²) in [5.41, 5.74) is 0.0877. The molecule has 0 saturated heterocycles. The maximum absolute atomic E-state index is 11.7. The zero-order valence-electron chi connectivity index (χ0n) is 12.4. The van der Waals surface area contributed by atoms with E-state index in [1.54, 1.807) is 10.8 Å². The normalized spacial score (nSPS) is 22.9. The molecule has 2 rings (SSSR count). The van der Waals surface area contributed by atoms with E-state index in [4.69, 9.17) is 0 Å². The molecular weight excluding hydrogens is 254 g/mol. The standard InChI is InChI=1S/C15H25N3O2/c1-3-12-10-18(15(20)17-14(12)19)8-7-16-13-6-4-5-11(2)9-13/h10-11,13,16H,3-9H2,1-2H3,(H,17,19,20). The van der Waals surface area contributed by atoms with Gasteiger partial charge in [0.25, 0.3) is 5.56 Å². The van der Waals surface area contributed by atoms with Crippen LogP contribution in [0.2, 0.25) is 0 Å². The van der Waals surface area contributed by atoms with Crippen molar-refractivity contribution in [1.29, 1.82) is 0 Å². The molecule has 0 radical (unpaired) electrons. The van der Waals surface area contributed by atoms with Crippen molar-refractivity contribution in [2.24, 2.45) is 5.92 Å². The van der Waals surface area contributed by atoms with Gasteiger partial charge in [0.1, 0.15) is 0 Å². The summed E-state index contributed by atoms with van der Waals surface area (Å²) in [5, 5.41) is 3.53. The fourth-order valence-electron chi connectivity index (χ4n) is 2.98. The van der Waals surface area contributed by atoms with Gasteiger partial charge in [0.2, 0.25) is 0 Å². The van der Waals surface area contributed by atoms with Crippen LogP contribution >= 0.6 is 0 Å². The highest BCUT2D eigenvalue weighted by Crippen LogP contribution is 2.23. The molecule has 2 atom stereocenters. The molecule has 1 aromatic heterocycles. The predicted octanol–water partition coefficient (Wildman–Crippen LogP) is 1.27. The number of hydrogen-bond acceptors (Lipinski definition) is 3. The third-order valence-electron chi connectivity index (χ3n) is 4.19. The van der Waals surface area contributed by atoms with Crippen LogP contribution in [0.3, 0.4) is 0 Å². The predicted molar refractivity (Wildman–Crippen MR) is 80.1 cm³/mol. The van der Waals surface area contributed by atoms with Crippen molar-refractivity contribution in [3.8, 4) is 0 Å². The summed E-state index contributed by atoms with van der Waals surface area (Å²) in [6.45, 7) is 5.59. The van der Waals surface area contributed by atoms with Crippen molar-refractivity contribution in [3.05, 3.63) is 32.6 Å². The quantitative estimate of drug-likeness (QED) is 0.853. The molecule has 1 fully saturated rings. The van der Waals surface area contributed by atoms with Gasteiger partial charge < -0.3 is 5.32 Å². The molecule has 1 saturated carbocycles. The van der Waals surface area contributed by atoms with E-state index in [1.165, 1.54) is 25.7 Å². The molecule has 5 nitrogen and oxygen atoms in total. The van der Waals surface area contributed by atoms with Gasteiger partial charge in [-0.05, 0) is 25.2 Å². The molecule has 0 bridgehead atoms. The summed E-state index contributed by atoms with van der Waals surface area (Å²) in [4.78, 5) is 25.6. The van der Waals surface area contributed by atoms with Crippen molar-refractivity contribution >= 4 is 0 Å². The maximum atomic E-state index is 11.7. The Morgan fingerprint density at radius 3 is 2.90 bits per heavy atom. The summed E-state index contributed by atoms with van der Waals surface area (Å²) in [6, 6.07) is 0.572. The third kappa shape index (κ3) is 3.82. The van der Waals surface area contributed by atoms with Gasteiger partial charge >= 0.3 is 5.69 Å². The fraction of sp³-hybridized carbons (Fsp3) is 0.733. The molecule has 0 aliphatic heterocycles. The van der Waals surface area contributed by atoms with E-state index >= 15 is 0 Å². The van der Waals surface area contributed by atoms with Crippen molar-refractivity contribution < 1.29 is 0 Å². The van der Waals surface area contributed by atoms with E-state index < -0.39 is 0 Å². The second-order valence-corrected chi connectivity index (χ2v) is 5.88. The van der Waals surface area contributed by atoms with Gasteiger partial charge in [0, 0.05) is 30.9 Å². The summed E-state index contributed by atoms with van der Waals surface area (Å²) in [7, 11) is 0. The van der Waals surface area contributed by atoms with Crippen molar-refractivity contribution in [2.75, 3.05) is 6.54 Å². The van der Waals surface area contributed by atoms with E-state index in [0.717, 1.165) is 12.5 Å². The van der Waals surface area contributed by atoms with Crippen LogP contribution in [-0.4, -0.2) is 22.1 Å². The SMILES string of the molecule is CCc1cn(CCNC2CCCC(C)C2)c(=O)[nH]c1=O. The molecule has 5 heteroatoms. The molecular formula is C15H25N3O2. The van der Waals surface area contributed by atoms with Gasteiger partial charge in [-0.15, -0.1) is 0 Å². The van der Waals surface area contributed by atoms with Crippen molar-refractivity contribution in [1.82, 2.24) is 14.9 Å². The van der Waals surface area contributed by atoms with Gasteiger partial charge in [0.15, 0.2) is 0 Å². The minimum Gasteiger partial charge on any atom is -0.312 e. The summed E-state index contributed by atoms with van der Waals surface area (Å²) in [5.74, 6) is 0.795. The van der Waals surface area contributed by atoms with E-state index in [-0.39, 0.29) is 11.2 Å². The first-order valence-corrected chi connectivity index (χ1v) is 7.66. The molecule has 0 spiro atoms. The zero-order chi connectivity index (χ0) is 14.5. The lowest BCUT2D eigenvalue weighted by Crippen LogP contribution is -2.38. The molecule has 1 heterocycles. The van der Waals surface area contributed by atoms with Crippen LogP contribution in [-0.2, 0) is 13.0 Å². The molecule has 0 aromatic carbocycles. The zero-order valence-corrected chi connectivity index (χ0v) is 12.4. The average Bonchev–Trinajstić information content (AvgIpc) is 2.41. The number of aryl methyl sites for hydroxylation is 1. The molecule has 1 aromatic rings. The first kappa shape index (κ1) is 15.0. The minimum atomic E-state index is -0.314. The van der Waals surface area contributed by atoms with Gasteiger partial charge in [-0.2, -0.15) is 0 Å². The smallest absolute Gasteiger partial charge is 0.312 e. The van der Waals surface area contributed by atoms with E-state index in [2.05, 4.69) is 17.2 Å². The van der Waals surface area contributed by atoms with Crippen LogP contribution < -0.4 is 16.6 Å². The highest BCUT2D eigenvalue weighted by Gasteiger charge is 2.17. The van der Waals surface area contributed by atoms with Crippen LogP contribution in [0.15, 0.2) is 15.8 Å². The van der Waals surface area contributed by atoms with E-state index in [0.29, 0.717) is 24.6 Å². The summed E-state index contributed by atoms with van der Waals surface area (Å²) in [6.07, 6.45) is 7.40. The second-order valence-electron chi connectivity index (χ2n) is 5.88. The van der Waals surface area contributed by atoms with Gasteiger partial charge in [-0.1, -0.05) is 26.7 Å². The molecule has 2 N–H and O–H groups in total. The lowest BCUT2D eigenvalue weighted by molar-refractivity contribution is 0.299. The highest BCUT2D eigenvalue weighted by molar-refractivity contribution is 5.03. The molecule has 2 unspecified atom stereocenters. The topological polar surface area (TPSA) is 66.9 Å². The van der Waals surface area contributed by atoms with Crippen LogP contribution in [0.1, 0.15) is 45.1 Å². The maximum Gasteiger partial charge on any atom is 0.328 e. The first-order chi connectivity index (χ1) is 9.60. The van der Waals surface area contributed by atoms with Crippen LogP contribution in [0.4, 0.5) is 0 Å². The largest absolute Gasteiger partial charge is 0.328 e. The Labute approximate surface area is 119 Å². The molecule has 1 aliphatic carbocycles. The second kappa shape index (κ2) is 6.88. The summed E-state index contributed by atoms with van der Waals surface area (Å²) >= 11 is 0. The molecule has 112 valence electrons. The van der Waals surface area contributed by atoms with Gasteiger partial charge in [0.05, 0.1) is 0 Å². The monoisotopic (exact) mass is 279 g/mol. The van der Waals surface area contributed by atoms with Crippen LogP contribution in [0, 0.1) is 5.92 Å². The summed E-state index contributed by atoms with van der Waals surface area (Å²) < 4.78 is 1.60. The Morgan fingerprint density at radius 2 is 2.20 bits per heavy atom. The number of H-pyrrole nitrogens is 1. The Bertz CT molecular complexity index is 547. The lowest BCUT2D eigenvalue weighted by atomic mass is 9.87. The van der Waals surface area contributed by atoms with Gasteiger partial charge in [-0.3, -0.25) is 14.3 Å². The number of aromatic nitrogens is 2. The number of rotatable bonds is 5. The van der Waals surface area contributed by atoms with Crippen LogP contribution in [0.25, 0.3) is 0 Å². The first-order valence-electron chi connectivity index (χ1n) is 7.66. The molecule has 1 aliphatic rings.